The minimum absolute atomic E-state index is 0.0521. The van der Waals surface area contributed by atoms with Crippen LogP contribution in [0, 0.1) is 0 Å². The van der Waals surface area contributed by atoms with Gasteiger partial charge in [-0.3, -0.25) is 14.8 Å². The van der Waals surface area contributed by atoms with Crippen molar-refractivity contribution >= 4 is 15.3 Å². The van der Waals surface area contributed by atoms with Gasteiger partial charge in [0, 0.05) is 20.1 Å². The van der Waals surface area contributed by atoms with Crippen LogP contribution < -0.4 is 10.4 Å². The van der Waals surface area contributed by atoms with E-state index in [1.165, 1.54) is 0 Å². The lowest BCUT2D eigenvalue weighted by molar-refractivity contribution is -0.121. The largest absolute Gasteiger partial charge is 0.358 e. The normalized spacial score (nSPS) is 10.2. The second-order valence-electron chi connectivity index (χ2n) is 2.37. The number of hydrogen-bond donors (Lipinski definition) is 2. The summed E-state index contributed by atoms with van der Waals surface area (Å²) in [6, 6.07) is 0. The monoisotopic (exact) mass is 177 g/mol. The number of nitrogens with zero attached hydrogens (tertiary/aromatic N) is 1. The molecule has 1 amide bonds. The summed E-state index contributed by atoms with van der Waals surface area (Å²) < 4.78 is 0. The second kappa shape index (κ2) is 6.53. The summed E-state index contributed by atoms with van der Waals surface area (Å²) in [5, 5.41) is 5.50. The van der Waals surface area contributed by atoms with Gasteiger partial charge in [-0.05, 0) is 7.05 Å². The molecule has 0 spiro atoms. The first-order chi connectivity index (χ1) is 5.20. The molecule has 4 nitrogen and oxygen atoms in total. The Morgan fingerprint density at radius 1 is 1.64 bits per heavy atom. The lowest BCUT2D eigenvalue weighted by Gasteiger charge is -2.14. The second-order valence-corrected chi connectivity index (χ2v) is 2.77. The summed E-state index contributed by atoms with van der Waals surface area (Å²) in [7, 11) is 5.98. The van der Waals surface area contributed by atoms with Crippen molar-refractivity contribution in [2.24, 2.45) is 0 Å². The zero-order valence-electron chi connectivity index (χ0n) is 7.05. The molecule has 0 aromatic carbocycles. The Morgan fingerprint density at radius 2 is 2.27 bits per heavy atom. The summed E-state index contributed by atoms with van der Waals surface area (Å²) in [5.41, 5.74) is 0. The summed E-state index contributed by atoms with van der Waals surface area (Å²) in [6.45, 7) is 2.21. The van der Waals surface area contributed by atoms with Crippen LogP contribution in [0.4, 0.5) is 0 Å². The van der Waals surface area contributed by atoms with Crippen LogP contribution in [0.25, 0.3) is 0 Å². The Hall–Kier alpha value is -0.180. The minimum Gasteiger partial charge on any atom is -0.358 e. The molecule has 0 rings (SSSR count). The third-order valence-electron chi connectivity index (χ3n) is 1.33. The summed E-state index contributed by atoms with van der Waals surface area (Å²) in [5.74, 6) is 0.0521. The van der Waals surface area contributed by atoms with Crippen LogP contribution in [0.2, 0.25) is 0 Å². The Balaban J connectivity index is 3.35. The predicted molar refractivity (Wildman–Crippen MR) is 49.3 cm³/mol. The molecule has 1 unspecified atom stereocenters. The highest BCUT2D eigenvalue weighted by Gasteiger charge is 2.02. The van der Waals surface area contributed by atoms with E-state index >= 15 is 0 Å². The van der Waals surface area contributed by atoms with Crippen LogP contribution in [-0.4, -0.2) is 44.5 Å². The fraction of sp³-hybridized carbons (Fsp3) is 0.833. The highest BCUT2D eigenvalue weighted by molar-refractivity contribution is 7.13. The lowest BCUT2D eigenvalue weighted by Crippen LogP contribution is -2.35. The molecule has 11 heavy (non-hydrogen) atoms. The Kier molecular flexibility index (Phi) is 6.42. The molecule has 0 fully saturated rings. The van der Waals surface area contributed by atoms with E-state index in [-0.39, 0.29) is 5.91 Å². The number of carbonyl (C=O) groups is 1. The maximum absolute atomic E-state index is 10.8. The number of nitrogens with one attached hydrogen (secondary N) is 2. The summed E-state index contributed by atoms with van der Waals surface area (Å²) >= 11 is 0. The van der Waals surface area contributed by atoms with E-state index in [0.29, 0.717) is 6.54 Å². The van der Waals surface area contributed by atoms with Gasteiger partial charge in [-0.1, -0.05) is 9.39 Å². The third-order valence-corrected chi connectivity index (χ3v) is 1.62. The minimum atomic E-state index is 0.0521. The number of amides is 1. The zero-order chi connectivity index (χ0) is 8.69. The fourth-order valence-electron chi connectivity index (χ4n) is 0.659. The van der Waals surface area contributed by atoms with Crippen molar-refractivity contribution < 1.29 is 4.79 Å². The molecular formula is C6H16N3OP. The molecule has 0 radical (unpaired) electrons. The van der Waals surface area contributed by atoms with Crippen molar-refractivity contribution in [2.75, 3.05) is 33.7 Å². The molecule has 0 aliphatic carbocycles. The molecular weight excluding hydrogens is 161 g/mol. The Labute approximate surface area is 70.0 Å². The quantitative estimate of drug-likeness (QED) is 0.532. The average Bonchev–Trinajstić information content (AvgIpc) is 2.00. The van der Waals surface area contributed by atoms with Crippen molar-refractivity contribution in [1.29, 1.82) is 0 Å². The molecule has 66 valence electrons. The van der Waals surface area contributed by atoms with Gasteiger partial charge in [-0.15, -0.1) is 0 Å². The number of hydrogen-bond acceptors (Lipinski definition) is 3. The maximum atomic E-state index is 10.8. The smallest absolute Gasteiger partial charge is 0.233 e. The number of rotatable bonds is 5. The predicted octanol–water partition coefficient (Wildman–Crippen LogP) is -0.956. The third kappa shape index (κ3) is 6.23. The van der Waals surface area contributed by atoms with Crippen LogP contribution in [0.1, 0.15) is 0 Å². The topological polar surface area (TPSA) is 44.4 Å². The molecule has 0 saturated heterocycles. The molecule has 0 aromatic rings. The number of carbonyl (C=O) groups excluding carboxylic acids is 1. The van der Waals surface area contributed by atoms with E-state index in [1.807, 2.05) is 11.9 Å². The van der Waals surface area contributed by atoms with Crippen LogP contribution in [-0.2, 0) is 4.79 Å². The van der Waals surface area contributed by atoms with Crippen molar-refractivity contribution in [3.63, 3.8) is 0 Å². The number of likely N-dealkylation sites (N-methyl/N-ethyl adjacent to an activating group) is 2. The molecule has 1 atom stereocenters. The summed E-state index contributed by atoms with van der Waals surface area (Å²) in [4.78, 5) is 12.8. The first-order valence-corrected chi connectivity index (χ1v) is 4.11. The molecule has 0 aliphatic heterocycles. The van der Waals surface area contributed by atoms with Gasteiger partial charge < -0.3 is 5.32 Å². The standard InChI is InChI=1S/C6H16N3OP/c1-7-6(10)5-9(2)4-3-8-11/h8H,3-5,11H2,1-2H3,(H,7,10). The zero-order valence-corrected chi connectivity index (χ0v) is 8.21. The van der Waals surface area contributed by atoms with Crippen molar-refractivity contribution in [2.45, 2.75) is 0 Å². The van der Waals surface area contributed by atoms with E-state index in [0.717, 1.165) is 13.1 Å². The average molecular weight is 177 g/mol. The SMILES string of the molecule is CNC(=O)CN(C)CCNP. The molecule has 0 saturated carbocycles. The molecule has 0 heterocycles. The maximum Gasteiger partial charge on any atom is 0.233 e. The van der Waals surface area contributed by atoms with Crippen molar-refractivity contribution in [1.82, 2.24) is 15.3 Å². The van der Waals surface area contributed by atoms with E-state index in [2.05, 4.69) is 19.8 Å². The summed E-state index contributed by atoms with van der Waals surface area (Å²) in [6.07, 6.45) is 0. The highest BCUT2D eigenvalue weighted by Crippen LogP contribution is 1.80. The van der Waals surface area contributed by atoms with Gasteiger partial charge in [-0.25, -0.2) is 0 Å². The highest BCUT2D eigenvalue weighted by atomic mass is 31.0. The van der Waals surface area contributed by atoms with Gasteiger partial charge >= 0.3 is 0 Å². The molecule has 0 bridgehead atoms. The van der Waals surface area contributed by atoms with Crippen LogP contribution in [0.5, 0.6) is 0 Å². The van der Waals surface area contributed by atoms with Gasteiger partial charge in [0.05, 0.1) is 6.54 Å². The van der Waals surface area contributed by atoms with E-state index in [4.69, 9.17) is 0 Å². The van der Waals surface area contributed by atoms with E-state index < -0.39 is 0 Å². The van der Waals surface area contributed by atoms with Crippen molar-refractivity contribution in [3.8, 4) is 0 Å². The lowest BCUT2D eigenvalue weighted by atomic mass is 10.5. The first-order valence-electron chi connectivity index (χ1n) is 3.53. The Bertz CT molecular complexity index is 120. The first kappa shape index (κ1) is 10.8. The molecule has 5 heteroatoms. The van der Waals surface area contributed by atoms with E-state index in [9.17, 15) is 4.79 Å². The van der Waals surface area contributed by atoms with Gasteiger partial charge in [0.1, 0.15) is 0 Å². The fourth-order valence-corrected chi connectivity index (χ4v) is 0.788. The molecule has 0 aromatic heterocycles. The van der Waals surface area contributed by atoms with Crippen LogP contribution in [0.3, 0.4) is 0 Å². The van der Waals surface area contributed by atoms with E-state index in [1.54, 1.807) is 7.05 Å². The van der Waals surface area contributed by atoms with Gasteiger partial charge in [-0.2, -0.15) is 0 Å². The molecule has 0 aliphatic rings. The van der Waals surface area contributed by atoms with Gasteiger partial charge in [0.25, 0.3) is 0 Å². The van der Waals surface area contributed by atoms with Gasteiger partial charge in [0.2, 0.25) is 5.91 Å². The van der Waals surface area contributed by atoms with Crippen molar-refractivity contribution in [3.05, 3.63) is 0 Å². The van der Waals surface area contributed by atoms with Crippen LogP contribution in [0.15, 0.2) is 0 Å². The van der Waals surface area contributed by atoms with Crippen LogP contribution >= 0.6 is 9.39 Å². The Morgan fingerprint density at radius 3 is 2.73 bits per heavy atom. The molecule has 2 N–H and O–H groups in total. The van der Waals surface area contributed by atoms with Gasteiger partial charge in [0.15, 0.2) is 0 Å².